The number of amides is 1. The van der Waals surface area contributed by atoms with Gasteiger partial charge < -0.3 is 9.73 Å². The number of nitrogens with one attached hydrogen (secondary N) is 1. The predicted molar refractivity (Wildman–Crippen MR) is 77.3 cm³/mol. The Morgan fingerprint density at radius 2 is 2.10 bits per heavy atom. The smallest absolute Gasteiger partial charge is 0.244 e. The molecular weight excluding hydrogens is 280 g/mol. The van der Waals surface area contributed by atoms with E-state index in [1.807, 2.05) is 13.8 Å². The van der Waals surface area contributed by atoms with Gasteiger partial charge in [-0.25, -0.2) is 8.42 Å². The fraction of sp³-hybridized carbons (Fsp3) is 0.462. The van der Waals surface area contributed by atoms with E-state index >= 15 is 0 Å². The number of sulfonamides is 1. The van der Waals surface area contributed by atoms with Crippen LogP contribution in [0.3, 0.4) is 0 Å². The molecule has 0 aliphatic heterocycles. The van der Waals surface area contributed by atoms with E-state index in [2.05, 4.69) is 5.32 Å². The van der Waals surface area contributed by atoms with Crippen molar-refractivity contribution in [2.45, 2.75) is 26.4 Å². The normalized spacial score (nSPS) is 12.5. The molecule has 0 aliphatic carbocycles. The molecule has 0 fully saturated rings. The summed E-state index contributed by atoms with van der Waals surface area (Å²) >= 11 is 0. The molecule has 0 aromatic carbocycles. The van der Waals surface area contributed by atoms with Crippen LogP contribution in [0.15, 0.2) is 22.6 Å². The summed E-state index contributed by atoms with van der Waals surface area (Å²) in [5.41, 5.74) is 0. The maximum absolute atomic E-state index is 11.4. The molecule has 0 spiro atoms. The minimum atomic E-state index is -3.24. The second kappa shape index (κ2) is 6.71. The Kier molecular flexibility index (Phi) is 5.52. The van der Waals surface area contributed by atoms with Gasteiger partial charge in [0.15, 0.2) is 0 Å². The van der Waals surface area contributed by atoms with Crippen LogP contribution in [0.5, 0.6) is 0 Å². The van der Waals surface area contributed by atoms with Gasteiger partial charge in [-0.05, 0) is 32.1 Å². The van der Waals surface area contributed by atoms with Gasteiger partial charge in [0.1, 0.15) is 11.5 Å². The van der Waals surface area contributed by atoms with Gasteiger partial charge in [-0.1, -0.05) is 0 Å². The van der Waals surface area contributed by atoms with Crippen LogP contribution in [-0.2, 0) is 21.4 Å². The zero-order valence-corrected chi connectivity index (χ0v) is 12.9. The van der Waals surface area contributed by atoms with E-state index < -0.39 is 10.0 Å². The molecule has 0 saturated heterocycles. The number of carbonyl (C=O) groups excluding carboxylic acids is 1. The lowest BCUT2D eigenvalue weighted by Gasteiger charge is -2.11. The van der Waals surface area contributed by atoms with Crippen molar-refractivity contribution in [1.82, 2.24) is 9.62 Å². The monoisotopic (exact) mass is 300 g/mol. The molecular formula is C13H20N2O4S. The third-order valence-electron chi connectivity index (χ3n) is 2.46. The second-order valence-electron chi connectivity index (χ2n) is 4.82. The van der Waals surface area contributed by atoms with Crippen LogP contribution >= 0.6 is 0 Å². The standard InChI is InChI=1S/C13H20N2O4S/c1-10(2)14-13(16)8-7-11-5-6-12(19-11)9-15(3)20(4,17)18/h5-8,10H,9H2,1-4H3,(H,14,16)/b8-7+. The van der Waals surface area contributed by atoms with Crippen LogP contribution < -0.4 is 5.32 Å². The van der Waals surface area contributed by atoms with Gasteiger partial charge in [0.05, 0.1) is 12.8 Å². The zero-order valence-electron chi connectivity index (χ0n) is 12.1. The summed E-state index contributed by atoms with van der Waals surface area (Å²) in [5, 5.41) is 2.72. The number of furan rings is 1. The van der Waals surface area contributed by atoms with E-state index in [4.69, 9.17) is 4.42 Å². The third kappa shape index (κ3) is 5.58. The molecule has 6 nitrogen and oxygen atoms in total. The van der Waals surface area contributed by atoms with Gasteiger partial charge >= 0.3 is 0 Å². The summed E-state index contributed by atoms with van der Waals surface area (Å²) in [6.07, 6.45) is 4.05. The first-order chi connectivity index (χ1) is 9.18. The van der Waals surface area contributed by atoms with Crippen LogP contribution in [0.25, 0.3) is 6.08 Å². The Labute approximate surface area is 119 Å². The van der Waals surface area contributed by atoms with Crippen molar-refractivity contribution in [3.05, 3.63) is 29.7 Å². The molecule has 0 aliphatic rings. The van der Waals surface area contributed by atoms with E-state index in [0.717, 1.165) is 6.26 Å². The molecule has 7 heteroatoms. The van der Waals surface area contributed by atoms with Crippen LogP contribution in [-0.4, -0.2) is 38.0 Å². The molecule has 0 bridgehead atoms. The first-order valence-corrected chi connectivity index (χ1v) is 8.02. The first-order valence-electron chi connectivity index (χ1n) is 6.17. The van der Waals surface area contributed by atoms with Crippen molar-refractivity contribution in [2.75, 3.05) is 13.3 Å². The topological polar surface area (TPSA) is 79.6 Å². The minimum Gasteiger partial charge on any atom is -0.460 e. The molecule has 1 rings (SSSR count). The number of carbonyl (C=O) groups is 1. The zero-order chi connectivity index (χ0) is 15.3. The molecule has 0 unspecified atom stereocenters. The Hall–Kier alpha value is -1.60. The van der Waals surface area contributed by atoms with E-state index in [9.17, 15) is 13.2 Å². The minimum absolute atomic E-state index is 0.0720. The number of hydrogen-bond acceptors (Lipinski definition) is 4. The highest BCUT2D eigenvalue weighted by atomic mass is 32.2. The van der Waals surface area contributed by atoms with Crippen molar-refractivity contribution in [3.63, 3.8) is 0 Å². The molecule has 1 aromatic rings. The van der Waals surface area contributed by atoms with Gasteiger partial charge in [0.2, 0.25) is 15.9 Å². The Bertz CT molecular complexity index is 587. The highest BCUT2D eigenvalue weighted by Gasteiger charge is 2.13. The molecule has 1 aromatic heterocycles. The number of hydrogen-bond donors (Lipinski definition) is 1. The molecule has 0 radical (unpaired) electrons. The molecule has 112 valence electrons. The van der Waals surface area contributed by atoms with Crippen molar-refractivity contribution in [2.24, 2.45) is 0 Å². The van der Waals surface area contributed by atoms with Crippen molar-refractivity contribution in [3.8, 4) is 0 Å². The van der Waals surface area contributed by atoms with Crippen LogP contribution in [0.1, 0.15) is 25.4 Å². The van der Waals surface area contributed by atoms with E-state index in [-0.39, 0.29) is 18.5 Å². The molecule has 0 atom stereocenters. The summed E-state index contributed by atoms with van der Waals surface area (Å²) in [4.78, 5) is 11.4. The van der Waals surface area contributed by atoms with Crippen molar-refractivity contribution in [1.29, 1.82) is 0 Å². The average Bonchev–Trinajstić information content (AvgIpc) is 2.72. The van der Waals surface area contributed by atoms with Gasteiger partial charge in [-0.15, -0.1) is 0 Å². The summed E-state index contributed by atoms with van der Waals surface area (Å²) in [6, 6.07) is 3.44. The summed E-state index contributed by atoms with van der Waals surface area (Å²) < 4.78 is 29.2. The fourth-order valence-corrected chi connectivity index (χ4v) is 1.76. The largest absolute Gasteiger partial charge is 0.460 e. The fourth-order valence-electron chi connectivity index (χ4n) is 1.40. The van der Waals surface area contributed by atoms with Crippen molar-refractivity contribution >= 4 is 22.0 Å². The Balaban J connectivity index is 2.64. The lowest BCUT2D eigenvalue weighted by atomic mass is 10.3. The first kappa shape index (κ1) is 16.5. The van der Waals surface area contributed by atoms with Crippen molar-refractivity contribution < 1.29 is 17.6 Å². The predicted octanol–water partition coefficient (Wildman–Crippen LogP) is 1.21. The van der Waals surface area contributed by atoms with E-state index in [0.29, 0.717) is 11.5 Å². The molecule has 0 saturated carbocycles. The quantitative estimate of drug-likeness (QED) is 0.801. The van der Waals surface area contributed by atoms with Crippen LogP contribution in [0, 0.1) is 0 Å². The molecule has 1 heterocycles. The summed E-state index contributed by atoms with van der Waals surface area (Å²) in [6.45, 7) is 3.90. The maximum Gasteiger partial charge on any atom is 0.244 e. The third-order valence-corrected chi connectivity index (χ3v) is 3.72. The van der Waals surface area contributed by atoms with Crippen LogP contribution in [0.4, 0.5) is 0 Å². The lowest BCUT2D eigenvalue weighted by Crippen LogP contribution is -2.28. The Morgan fingerprint density at radius 3 is 2.65 bits per heavy atom. The maximum atomic E-state index is 11.4. The average molecular weight is 300 g/mol. The highest BCUT2D eigenvalue weighted by molar-refractivity contribution is 7.88. The van der Waals surface area contributed by atoms with Gasteiger partial charge in [0, 0.05) is 19.2 Å². The number of nitrogens with zero attached hydrogens (tertiary/aromatic N) is 1. The van der Waals surface area contributed by atoms with Gasteiger partial charge in [0.25, 0.3) is 0 Å². The number of rotatable bonds is 6. The van der Waals surface area contributed by atoms with E-state index in [1.165, 1.54) is 17.4 Å². The molecule has 20 heavy (non-hydrogen) atoms. The second-order valence-corrected chi connectivity index (χ2v) is 6.91. The summed E-state index contributed by atoms with van der Waals surface area (Å²) in [5.74, 6) is 0.814. The molecule has 1 amide bonds. The SMILES string of the molecule is CC(C)NC(=O)/C=C/c1ccc(CN(C)S(C)(=O)=O)o1. The highest BCUT2D eigenvalue weighted by Crippen LogP contribution is 2.12. The lowest BCUT2D eigenvalue weighted by molar-refractivity contribution is -0.116. The van der Waals surface area contributed by atoms with Crippen LogP contribution in [0.2, 0.25) is 0 Å². The van der Waals surface area contributed by atoms with Gasteiger partial charge in [-0.2, -0.15) is 4.31 Å². The Morgan fingerprint density at radius 1 is 1.45 bits per heavy atom. The van der Waals surface area contributed by atoms with E-state index in [1.54, 1.807) is 18.2 Å². The van der Waals surface area contributed by atoms with Gasteiger partial charge in [-0.3, -0.25) is 4.79 Å². The molecule has 1 N–H and O–H groups in total. The summed E-state index contributed by atoms with van der Waals surface area (Å²) in [7, 11) is -1.76.